The molecule has 8 heteroatoms. The molecule has 2 rings (SSSR count). The number of carbonyl (C=O) groups is 1. The highest BCUT2D eigenvalue weighted by Crippen LogP contribution is 2.19. The van der Waals surface area contributed by atoms with Gasteiger partial charge in [0.15, 0.2) is 0 Å². The van der Waals surface area contributed by atoms with Crippen molar-refractivity contribution in [2.75, 3.05) is 0 Å². The zero-order valence-corrected chi connectivity index (χ0v) is 15.6. The van der Waals surface area contributed by atoms with Crippen molar-refractivity contribution in [3.8, 4) is 0 Å². The van der Waals surface area contributed by atoms with E-state index in [4.69, 9.17) is 0 Å². The zero-order chi connectivity index (χ0) is 18.8. The lowest BCUT2D eigenvalue weighted by Crippen LogP contribution is -2.36. The van der Waals surface area contributed by atoms with Crippen LogP contribution in [0.1, 0.15) is 69.1 Å². The highest BCUT2D eigenvalue weighted by Gasteiger charge is 2.24. The van der Waals surface area contributed by atoms with Crippen LogP contribution >= 0.6 is 0 Å². The summed E-state index contributed by atoms with van der Waals surface area (Å²) in [6.07, 6.45) is 3.46. The summed E-state index contributed by atoms with van der Waals surface area (Å²) in [5.41, 5.74) is -0.755. The van der Waals surface area contributed by atoms with Crippen LogP contribution in [0.5, 0.6) is 0 Å². The fraction of sp³-hybridized carbons (Fsp3) is 0.588. The maximum Gasteiger partial charge on any atom is 0.263 e. The van der Waals surface area contributed by atoms with Gasteiger partial charge in [-0.1, -0.05) is 34.6 Å². The van der Waals surface area contributed by atoms with Gasteiger partial charge < -0.3 is 10.3 Å². The Morgan fingerprint density at radius 1 is 1.32 bits per heavy atom. The quantitative estimate of drug-likeness (QED) is 0.857. The van der Waals surface area contributed by atoms with Crippen molar-refractivity contribution >= 4 is 5.91 Å². The van der Waals surface area contributed by atoms with Crippen LogP contribution in [0.25, 0.3) is 0 Å². The first kappa shape index (κ1) is 18.8. The van der Waals surface area contributed by atoms with Gasteiger partial charge in [0.2, 0.25) is 0 Å². The molecule has 0 spiro atoms. The molecule has 0 aliphatic rings. The molecule has 0 radical (unpaired) electrons. The van der Waals surface area contributed by atoms with Crippen molar-refractivity contribution in [1.29, 1.82) is 0 Å². The van der Waals surface area contributed by atoms with Crippen LogP contribution in [0.15, 0.2) is 17.3 Å². The smallest absolute Gasteiger partial charge is 0.263 e. The van der Waals surface area contributed by atoms with E-state index in [-0.39, 0.29) is 17.0 Å². The summed E-state index contributed by atoms with van der Waals surface area (Å²) in [5, 5.41) is 6.94. The Morgan fingerprint density at radius 3 is 2.48 bits per heavy atom. The van der Waals surface area contributed by atoms with Crippen molar-refractivity contribution in [2.45, 2.75) is 52.5 Å². The molecule has 0 aliphatic carbocycles. The molecule has 1 amide bonds. The van der Waals surface area contributed by atoms with E-state index in [9.17, 15) is 9.59 Å². The third-order valence-electron chi connectivity index (χ3n) is 3.82. The molecule has 25 heavy (non-hydrogen) atoms. The molecule has 0 aliphatic heterocycles. The van der Waals surface area contributed by atoms with Gasteiger partial charge in [-0.15, -0.1) is 0 Å². The lowest BCUT2D eigenvalue weighted by atomic mass is 9.96. The van der Waals surface area contributed by atoms with Gasteiger partial charge in [0.25, 0.3) is 11.5 Å². The Morgan fingerprint density at radius 2 is 2.00 bits per heavy atom. The van der Waals surface area contributed by atoms with Crippen LogP contribution in [0.4, 0.5) is 0 Å². The second-order valence-corrected chi connectivity index (χ2v) is 7.62. The summed E-state index contributed by atoms with van der Waals surface area (Å²) in [5.74, 6) is 1.06. The third kappa shape index (κ3) is 4.52. The molecule has 1 atom stereocenters. The Kier molecular flexibility index (Phi) is 5.39. The average molecular weight is 346 g/mol. The summed E-state index contributed by atoms with van der Waals surface area (Å²) in [4.78, 5) is 36.0. The minimum Gasteiger partial charge on any atom is -0.342 e. The fourth-order valence-corrected chi connectivity index (χ4v) is 2.49. The first-order valence-electron chi connectivity index (χ1n) is 8.34. The number of nitrogens with zero attached hydrogens (tertiary/aromatic N) is 4. The largest absolute Gasteiger partial charge is 0.342 e. The van der Waals surface area contributed by atoms with E-state index >= 15 is 0 Å². The number of aromatic amines is 1. The maximum absolute atomic E-state index is 12.6. The van der Waals surface area contributed by atoms with Crippen LogP contribution in [-0.4, -0.2) is 30.6 Å². The van der Waals surface area contributed by atoms with Gasteiger partial charge in [-0.05, 0) is 12.3 Å². The molecule has 0 saturated heterocycles. The van der Waals surface area contributed by atoms with E-state index < -0.39 is 11.5 Å². The molecule has 2 aromatic rings. The number of hydrogen-bond donors (Lipinski definition) is 2. The second kappa shape index (κ2) is 7.16. The lowest BCUT2D eigenvalue weighted by Gasteiger charge is -2.20. The molecule has 0 saturated carbocycles. The Balaban J connectivity index is 2.27. The van der Waals surface area contributed by atoms with E-state index in [2.05, 4.69) is 39.2 Å². The topological polar surface area (TPSA) is 106 Å². The van der Waals surface area contributed by atoms with Crippen molar-refractivity contribution in [3.63, 3.8) is 0 Å². The Hall–Kier alpha value is -2.51. The van der Waals surface area contributed by atoms with E-state index in [1.54, 1.807) is 11.7 Å². The molecule has 1 unspecified atom stereocenters. The summed E-state index contributed by atoms with van der Waals surface area (Å²) < 4.78 is 1.62. The fourth-order valence-electron chi connectivity index (χ4n) is 2.49. The first-order valence-corrected chi connectivity index (χ1v) is 8.34. The van der Waals surface area contributed by atoms with Crippen LogP contribution in [0, 0.1) is 5.92 Å². The lowest BCUT2D eigenvalue weighted by molar-refractivity contribution is 0.0927. The zero-order valence-electron chi connectivity index (χ0n) is 15.6. The van der Waals surface area contributed by atoms with Crippen LogP contribution in [0.2, 0.25) is 0 Å². The monoisotopic (exact) mass is 346 g/mol. The minimum atomic E-state index is -0.470. The van der Waals surface area contributed by atoms with Crippen molar-refractivity contribution in [2.24, 2.45) is 13.0 Å². The van der Waals surface area contributed by atoms with Gasteiger partial charge in [-0.2, -0.15) is 5.10 Å². The number of aromatic nitrogens is 5. The minimum absolute atomic E-state index is 0.0103. The van der Waals surface area contributed by atoms with Crippen LogP contribution in [-0.2, 0) is 12.5 Å². The molecule has 2 N–H and O–H groups in total. The summed E-state index contributed by atoms with van der Waals surface area (Å²) in [7, 11) is 1.77. The van der Waals surface area contributed by atoms with Gasteiger partial charge in [0.05, 0.1) is 6.04 Å². The van der Waals surface area contributed by atoms with Gasteiger partial charge in [0, 0.05) is 18.7 Å². The number of aryl methyl sites for hydroxylation is 1. The number of hydrogen-bond acceptors (Lipinski definition) is 5. The van der Waals surface area contributed by atoms with Crippen molar-refractivity contribution < 1.29 is 4.79 Å². The Labute approximate surface area is 147 Å². The normalized spacial score (nSPS) is 13.1. The molecule has 0 aromatic carbocycles. The number of H-pyrrole nitrogens is 1. The molecule has 0 fully saturated rings. The average Bonchev–Trinajstić information content (AvgIpc) is 2.91. The van der Waals surface area contributed by atoms with Gasteiger partial charge in [-0.25, -0.2) is 9.97 Å². The van der Waals surface area contributed by atoms with E-state index in [0.717, 1.165) is 0 Å². The maximum atomic E-state index is 12.6. The van der Waals surface area contributed by atoms with Gasteiger partial charge in [0.1, 0.15) is 23.5 Å². The van der Waals surface area contributed by atoms with E-state index in [0.29, 0.717) is 24.0 Å². The summed E-state index contributed by atoms with van der Waals surface area (Å²) in [6.45, 7) is 9.94. The van der Waals surface area contributed by atoms with Crippen molar-refractivity contribution in [3.05, 3.63) is 40.1 Å². The summed E-state index contributed by atoms with van der Waals surface area (Å²) >= 11 is 0. The molecule has 136 valence electrons. The molecular weight excluding hydrogens is 320 g/mol. The molecule has 8 nitrogen and oxygen atoms in total. The van der Waals surface area contributed by atoms with E-state index in [1.807, 2.05) is 20.8 Å². The Bertz CT molecular complexity index is 800. The van der Waals surface area contributed by atoms with Gasteiger partial charge >= 0.3 is 0 Å². The standard InChI is InChI=1S/C17H26N6O2/c1-10(2)7-12(13-19-9-20-23(13)6)21-14(24)11-8-18-16(17(3,4)5)22-15(11)25/h8-10,12H,7H2,1-6H3,(H,21,24)(H,18,22,25). The number of carbonyl (C=O) groups excluding carboxylic acids is 1. The number of nitrogens with one attached hydrogen (secondary N) is 2. The summed E-state index contributed by atoms with van der Waals surface area (Å²) in [6, 6.07) is -0.332. The highest BCUT2D eigenvalue weighted by atomic mass is 16.2. The van der Waals surface area contributed by atoms with E-state index in [1.165, 1.54) is 12.5 Å². The highest BCUT2D eigenvalue weighted by molar-refractivity contribution is 5.93. The predicted molar refractivity (Wildman–Crippen MR) is 94.2 cm³/mol. The second-order valence-electron chi connectivity index (χ2n) is 7.62. The number of amides is 1. The van der Waals surface area contributed by atoms with Gasteiger partial charge in [-0.3, -0.25) is 14.3 Å². The molecular formula is C17H26N6O2. The van der Waals surface area contributed by atoms with Crippen LogP contribution in [0.3, 0.4) is 0 Å². The predicted octanol–water partition coefficient (Wildman–Crippen LogP) is 1.71. The SMILES string of the molecule is CC(C)CC(NC(=O)c1cnc(C(C)(C)C)[nH]c1=O)c1ncnn1C. The van der Waals surface area contributed by atoms with Crippen molar-refractivity contribution in [1.82, 2.24) is 30.0 Å². The third-order valence-corrected chi connectivity index (χ3v) is 3.82. The number of rotatable bonds is 5. The van der Waals surface area contributed by atoms with Crippen LogP contribution < -0.4 is 10.9 Å². The molecule has 2 aromatic heterocycles. The molecule has 2 heterocycles. The molecule has 0 bridgehead atoms. The first-order chi connectivity index (χ1) is 11.6.